The summed E-state index contributed by atoms with van der Waals surface area (Å²) in [4.78, 5) is 37.0. The third kappa shape index (κ3) is 4.42. The Labute approximate surface area is 165 Å². The monoisotopic (exact) mass is 386 g/mol. The zero-order valence-electron chi connectivity index (χ0n) is 17.3. The molecule has 0 aliphatic rings. The van der Waals surface area contributed by atoms with Gasteiger partial charge in [0.05, 0.1) is 6.54 Å². The lowest BCUT2D eigenvalue weighted by Gasteiger charge is -2.23. The Morgan fingerprint density at radius 3 is 2.25 bits per heavy atom. The fraction of sp³-hybridized carbons (Fsp3) is 0.476. The van der Waals surface area contributed by atoms with Crippen molar-refractivity contribution in [1.82, 2.24) is 14.5 Å². The highest BCUT2D eigenvalue weighted by Crippen LogP contribution is 2.22. The number of nitrogen functional groups attached to an aromatic ring is 1. The Morgan fingerprint density at radius 2 is 1.71 bits per heavy atom. The summed E-state index contributed by atoms with van der Waals surface area (Å²) in [6.45, 7) is 6.24. The minimum absolute atomic E-state index is 0.0442. The van der Waals surface area contributed by atoms with E-state index in [-0.39, 0.29) is 29.9 Å². The molecule has 2 rings (SSSR count). The summed E-state index contributed by atoms with van der Waals surface area (Å²) in [5, 5.41) is 3.25. The maximum atomic E-state index is 12.7. The number of carbonyl (C=O) groups excluding carboxylic acids is 1. The number of ketones is 1. The van der Waals surface area contributed by atoms with Crippen LogP contribution < -0.4 is 22.3 Å². The normalized spacial score (nSPS) is 12.4. The molecular formula is C21H30N4O3. The summed E-state index contributed by atoms with van der Waals surface area (Å²) in [7, 11) is 2.78. The van der Waals surface area contributed by atoms with Gasteiger partial charge in [0.25, 0.3) is 5.56 Å². The highest BCUT2D eigenvalue weighted by atomic mass is 16.2. The third-order valence-corrected chi connectivity index (χ3v) is 5.02. The van der Waals surface area contributed by atoms with Gasteiger partial charge in [-0.3, -0.25) is 18.7 Å². The van der Waals surface area contributed by atoms with Crippen LogP contribution in [0.5, 0.6) is 0 Å². The zero-order valence-corrected chi connectivity index (χ0v) is 17.3. The number of nitrogens with zero attached hydrogens (tertiary/aromatic N) is 2. The van der Waals surface area contributed by atoms with Crippen LogP contribution in [0, 0.1) is 5.92 Å². The number of nitrogens with one attached hydrogen (secondary N) is 1. The summed E-state index contributed by atoms with van der Waals surface area (Å²) in [6.07, 6.45) is 2.13. The van der Waals surface area contributed by atoms with Crippen LogP contribution in [0.4, 0.5) is 5.82 Å². The predicted octanol–water partition coefficient (Wildman–Crippen LogP) is 1.79. The molecule has 0 fully saturated rings. The highest BCUT2D eigenvalue weighted by molar-refractivity contribution is 6.01. The maximum Gasteiger partial charge on any atom is 0.332 e. The Bertz CT molecular complexity index is 955. The van der Waals surface area contributed by atoms with Gasteiger partial charge >= 0.3 is 5.69 Å². The number of hydrogen-bond donors (Lipinski definition) is 2. The average Bonchev–Trinajstić information content (AvgIpc) is 2.66. The molecule has 0 radical (unpaired) electrons. The van der Waals surface area contributed by atoms with E-state index in [1.807, 2.05) is 0 Å². The van der Waals surface area contributed by atoms with Gasteiger partial charge in [-0.2, -0.15) is 0 Å². The van der Waals surface area contributed by atoms with Crippen LogP contribution in [-0.2, 0) is 20.5 Å². The van der Waals surface area contributed by atoms with Gasteiger partial charge < -0.3 is 11.1 Å². The molecule has 2 aromatic rings. The molecule has 28 heavy (non-hydrogen) atoms. The van der Waals surface area contributed by atoms with Crippen molar-refractivity contribution in [2.24, 2.45) is 20.0 Å². The lowest BCUT2D eigenvalue weighted by molar-refractivity contribution is 0.0982. The van der Waals surface area contributed by atoms with Crippen molar-refractivity contribution >= 4 is 11.6 Å². The summed E-state index contributed by atoms with van der Waals surface area (Å²) in [6, 6.07) is 8.33. The first-order chi connectivity index (χ1) is 13.2. The number of carbonyl (C=O) groups is 1. The van der Waals surface area contributed by atoms with Crippen molar-refractivity contribution in [1.29, 1.82) is 0 Å². The van der Waals surface area contributed by atoms with Crippen LogP contribution >= 0.6 is 0 Å². The zero-order chi connectivity index (χ0) is 21.0. The molecule has 1 aromatic carbocycles. The molecule has 1 aromatic heterocycles. The van der Waals surface area contributed by atoms with E-state index in [1.165, 1.54) is 19.7 Å². The number of rotatable bonds is 8. The molecule has 0 amide bonds. The number of aryl methyl sites for hydroxylation is 1. The molecule has 7 nitrogen and oxygen atoms in total. The smallest absolute Gasteiger partial charge is 0.332 e. The molecular weight excluding hydrogens is 356 g/mol. The first-order valence-corrected chi connectivity index (χ1v) is 9.59. The van der Waals surface area contributed by atoms with Gasteiger partial charge in [0.2, 0.25) is 0 Å². The van der Waals surface area contributed by atoms with Gasteiger partial charge in [-0.05, 0) is 23.5 Å². The van der Waals surface area contributed by atoms with E-state index in [2.05, 4.69) is 50.4 Å². The van der Waals surface area contributed by atoms with Crippen LogP contribution in [0.3, 0.4) is 0 Å². The van der Waals surface area contributed by atoms with E-state index in [4.69, 9.17) is 5.73 Å². The minimum Gasteiger partial charge on any atom is -0.384 e. The fourth-order valence-corrected chi connectivity index (χ4v) is 3.33. The van der Waals surface area contributed by atoms with Crippen LogP contribution in [0.15, 0.2) is 33.9 Å². The second kappa shape index (κ2) is 9.01. The van der Waals surface area contributed by atoms with Crippen molar-refractivity contribution < 1.29 is 4.79 Å². The quantitative estimate of drug-likeness (QED) is 0.674. The molecule has 3 N–H and O–H groups in total. The van der Waals surface area contributed by atoms with E-state index in [1.54, 1.807) is 0 Å². The molecule has 152 valence electrons. The lowest BCUT2D eigenvalue weighted by Crippen LogP contribution is -2.43. The number of hydrogen-bond acceptors (Lipinski definition) is 5. The van der Waals surface area contributed by atoms with Gasteiger partial charge in [0.1, 0.15) is 11.4 Å². The first-order valence-electron chi connectivity index (χ1n) is 9.59. The molecule has 1 unspecified atom stereocenters. The fourth-order valence-electron chi connectivity index (χ4n) is 3.33. The van der Waals surface area contributed by atoms with E-state index >= 15 is 0 Å². The van der Waals surface area contributed by atoms with Gasteiger partial charge in [-0.1, -0.05) is 51.5 Å². The molecule has 0 spiro atoms. The van der Waals surface area contributed by atoms with Crippen molar-refractivity contribution in [3.63, 3.8) is 0 Å². The summed E-state index contributed by atoms with van der Waals surface area (Å²) >= 11 is 0. The first kappa shape index (κ1) is 21.6. The largest absolute Gasteiger partial charge is 0.384 e. The van der Waals surface area contributed by atoms with Crippen molar-refractivity contribution in [3.8, 4) is 0 Å². The van der Waals surface area contributed by atoms with Gasteiger partial charge in [-0.15, -0.1) is 0 Å². The van der Waals surface area contributed by atoms with Crippen molar-refractivity contribution in [2.45, 2.75) is 39.7 Å². The highest BCUT2D eigenvalue weighted by Gasteiger charge is 2.22. The Kier molecular flexibility index (Phi) is 6.96. The van der Waals surface area contributed by atoms with E-state index in [0.717, 1.165) is 27.5 Å². The number of nitrogens with two attached hydrogens (primary N) is 1. The van der Waals surface area contributed by atoms with Gasteiger partial charge in [0, 0.05) is 20.1 Å². The molecule has 0 aliphatic heterocycles. The van der Waals surface area contributed by atoms with E-state index in [0.29, 0.717) is 0 Å². The number of benzene rings is 1. The lowest BCUT2D eigenvalue weighted by atomic mass is 9.94. The Morgan fingerprint density at radius 1 is 1.11 bits per heavy atom. The Hall–Kier alpha value is -2.67. The van der Waals surface area contributed by atoms with Crippen LogP contribution in [0.25, 0.3) is 0 Å². The second-order valence-corrected chi connectivity index (χ2v) is 7.48. The molecule has 1 heterocycles. The molecule has 0 aliphatic carbocycles. The average molecular weight is 386 g/mol. The van der Waals surface area contributed by atoms with E-state index < -0.39 is 17.0 Å². The SMILES string of the molecule is CCCc1ccc(C(NCC(=O)c2c(N)n(C)c(=O)n(C)c2=O)C(C)C)cc1. The second-order valence-electron chi connectivity index (χ2n) is 7.48. The standard InChI is InChI=1S/C21H30N4O3/c1-6-7-14-8-10-15(11-9-14)18(13(2)3)23-12-16(26)17-19(22)24(4)21(28)25(5)20(17)27/h8-11,13,18,23H,6-7,12,22H2,1-5H3. The molecule has 1 atom stereocenters. The van der Waals surface area contributed by atoms with E-state index in [9.17, 15) is 14.4 Å². The number of aromatic nitrogens is 2. The molecule has 0 saturated heterocycles. The van der Waals surface area contributed by atoms with Crippen LogP contribution in [0.1, 0.15) is 54.7 Å². The van der Waals surface area contributed by atoms with Crippen LogP contribution in [0.2, 0.25) is 0 Å². The summed E-state index contributed by atoms with van der Waals surface area (Å²) in [5.41, 5.74) is 6.87. The molecule has 0 saturated carbocycles. The number of anilines is 1. The van der Waals surface area contributed by atoms with Crippen molar-refractivity contribution in [2.75, 3.05) is 12.3 Å². The molecule has 0 bridgehead atoms. The molecule has 7 heteroatoms. The predicted molar refractivity (Wildman–Crippen MR) is 112 cm³/mol. The minimum atomic E-state index is -0.669. The Balaban J connectivity index is 2.24. The topological polar surface area (TPSA) is 99.1 Å². The van der Waals surface area contributed by atoms with Crippen molar-refractivity contribution in [3.05, 3.63) is 61.8 Å². The van der Waals surface area contributed by atoms with Crippen LogP contribution in [-0.4, -0.2) is 21.5 Å². The maximum absolute atomic E-state index is 12.7. The third-order valence-electron chi connectivity index (χ3n) is 5.02. The summed E-state index contributed by atoms with van der Waals surface area (Å²) < 4.78 is 2.01. The van der Waals surface area contributed by atoms with Gasteiger partial charge in [-0.25, -0.2) is 4.79 Å². The summed E-state index contributed by atoms with van der Waals surface area (Å²) in [5.74, 6) is -0.294. The number of Topliss-reactive ketones (excluding diaryl/α,β-unsaturated/α-hetero) is 1. The van der Waals surface area contributed by atoms with Gasteiger partial charge in [0.15, 0.2) is 5.78 Å².